The summed E-state index contributed by atoms with van der Waals surface area (Å²) in [7, 11) is 0. The number of halogens is 1. The van der Waals surface area contributed by atoms with E-state index >= 15 is 0 Å². The van der Waals surface area contributed by atoms with Gasteiger partial charge in [0.15, 0.2) is 5.78 Å². The van der Waals surface area contributed by atoms with Crippen LogP contribution in [0.1, 0.15) is 48.2 Å². The molecule has 2 rings (SSSR count). The highest BCUT2D eigenvalue weighted by molar-refractivity contribution is 6.17. The number of carbonyl (C=O) groups excluding carboxylic acids is 1. The van der Waals surface area contributed by atoms with E-state index in [0.29, 0.717) is 18.8 Å². The summed E-state index contributed by atoms with van der Waals surface area (Å²) in [5.41, 5.74) is 1.69. The summed E-state index contributed by atoms with van der Waals surface area (Å²) in [5, 5.41) is 0. The van der Waals surface area contributed by atoms with Crippen molar-refractivity contribution in [3.05, 3.63) is 33.7 Å². The van der Waals surface area contributed by atoms with Crippen molar-refractivity contribution >= 4 is 17.4 Å². The molecule has 98 valence electrons. The molecular formula is C14H18ClNO2. The van der Waals surface area contributed by atoms with Gasteiger partial charge in [0.25, 0.3) is 5.56 Å². The first-order valence-electron chi connectivity index (χ1n) is 6.56. The number of ketones is 1. The van der Waals surface area contributed by atoms with E-state index in [4.69, 9.17) is 11.6 Å². The molecule has 0 unspecified atom stereocenters. The molecule has 0 atom stereocenters. The number of pyridine rings is 1. The van der Waals surface area contributed by atoms with Gasteiger partial charge in [0.2, 0.25) is 0 Å². The van der Waals surface area contributed by atoms with E-state index in [1.165, 1.54) is 6.07 Å². The zero-order valence-electron chi connectivity index (χ0n) is 10.5. The predicted octanol–water partition coefficient (Wildman–Crippen LogP) is 2.78. The maximum atomic E-state index is 11.9. The van der Waals surface area contributed by atoms with Crippen LogP contribution in [-0.2, 0) is 13.0 Å². The Morgan fingerprint density at radius 3 is 2.72 bits per heavy atom. The molecule has 0 amide bonds. The van der Waals surface area contributed by atoms with Gasteiger partial charge < -0.3 is 4.57 Å². The van der Waals surface area contributed by atoms with Gasteiger partial charge in [-0.3, -0.25) is 9.59 Å². The van der Waals surface area contributed by atoms with Crippen LogP contribution < -0.4 is 5.56 Å². The molecule has 18 heavy (non-hydrogen) atoms. The van der Waals surface area contributed by atoms with Crippen LogP contribution in [-0.4, -0.2) is 16.2 Å². The first-order chi connectivity index (χ1) is 8.74. The van der Waals surface area contributed by atoms with Crippen LogP contribution in [0.5, 0.6) is 0 Å². The number of unbranched alkanes of at least 4 members (excludes halogenated alkanes) is 2. The van der Waals surface area contributed by atoms with Gasteiger partial charge in [-0.05, 0) is 31.7 Å². The molecule has 1 heterocycles. The third kappa shape index (κ3) is 2.83. The van der Waals surface area contributed by atoms with Crippen molar-refractivity contribution in [3.8, 4) is 0 Å². The maximum absolute atomic E-state index is 11.9. The van der Waals surface area contributed by atoms with E-state index in [1.54, 1.807) is 10.6 Å². The van der Waals surface area contributed by atoms with Gasteiger partial charge in [-0.25, -0.2) is 0 Å². The number of nitrogens with zero attached hydrogens (tertiary/aromatic N) is 1. The lowest BCUT2D eigenvalue weighted by Crippen LogP contribution is -2.28. The van der Waals surface area contributed by atoms with Gasteiger partial charge in [-0.2, -0.15) is 0 Å². The zero-order chi connectivity index (χ0) is 13.0. The van der Waals surface area contributed by atoms with E-state index in [9.17, 15) is 9.59 Å². The summed E-state index contributed by atoms with van der Waals surface area (Å²) in [6.07, 6.45) is 5.25. The fraction of sp³-hybridized carbons (Fsp3) is 0.571. The Morgan fingerprint density at radius 2 is 1.94 bits per heavy atom. The third-order valence-corrected chi connectivity index (χ3v) is 3.70. The number of rotatable bonds is 5. The number of Topliss-reactive ketones (excluding diaryl/α,β-unsaturated/α-hetero) is 1. The molecule has 4 heteroatoms. The molecule has 0 saturated heterocycles. The van der Waals surface area contributed by atoms with Crippen molar-refractivity contribution < 1.29 is 4.79 Å². The Balaban J connectivity index is 2.20. The van der Waals surface area contributed by atoms with Crippen molar-refractivity contribution in [1.82, 2.24) is 4.57 Å². The monoisotopic (exact) mass is 267 g/mol. The first-order valence-corrected chi connectivity index (χ1v) is 7.09. The lowest BCUT2D eigenvalue weighted by Gasteiger charge is -2.19. The summed E-state index contributed by atoms with van der Waals surface area (Å²) >= 11 is 5.64. The molecule has 0 radical (unpaired) electrons. The number of aromatic nitrogens is 1. The van der Waals surface area contributed by atoms with E-state index in [2.05, 4.69) is 0 Å². The lowest BCUT2D eigenvalue weighted by atomic mass is 9.94. The van der Waals surface area contributed by atoms with Crippen molar-refractivity contribution in [1.29, 1.82) is 0 Å². The average Bonchev–Trinajstić information content (AvgIpc) is 2.37. The summed E-state index contributed by atoms with van der Waals surface area (Å²) in [4.78, 5) is 23.7. The molecule has 1 aromatic heterocycles. The number of hydrogen-bond donors (Lipinski definition) is 0. The minimum Gasteiger partial charge on any atom is -0.312 e. The van der Waals surface area contributed by atoms with Gasteiger partial charge >= 0.3 is 0 Å². The Labute approximate surface area is 112 Å². The predicted molar refractivity (Wildman–Crippen MR) is 72.5 cm³/mol. The normalized spacial score (nSPS) is 14.6. The van der Waals surface area contributed by atoms with Crippen LogP contribution in [0, 0.1) is 0 Å². The molecule has 0 N–H and O–H groups in total. The minimum atomic E-state index is 0.00863. The highest BCUT2D eigenvalue weighted by atomic mass is 35.5. The van der Waals surface area contributed by atoms with Crippen LogP contribution in [0.4, 0.5) is 0 Å². The second-order valence-corrected chi connectivity index (χ2v) is 5.09. The molecule has 0 aromatic carbocycles. The quantitative estimate of drug-likeness (QED) is 0.608. The van der Waals surface area contributed by atoms with E-state index in [0.717, 1.165) is 43.4 Å². The molecule has 0 fully saturated rings. The first kappa shape index (κ1) is 13.3. The Kier molecular flexibility index (Phi) is 4.59. The number of alkyl halides is 1. The second-order valence-electron chi connectivity index (χ2n) is 4.71. The van der Waals surface area contributed by atoms with E-state index in [1.807, 2.05) is 0 Å². The van der Waals surface area contributed by atoms with Crippen molar-refractivity contribution in [2.75, 3.05) is 5.88 Å². The van der Waals surface area contributed by atoms with Gasteiger partial charge in [0, 0.05) is 36.2 Å². The Morgan fingerprint density at radius 1 is 1.11 bits per heavy atom. The largest absolute Gasteiger partial charge is 0.312 e. The molecule has 0 saturated carbocycles. The maximum Gasteiger partial charge on any atom is 0.250 e. The van der Waals surface area contributed by atoms with Gasteiger partial charge in [-0.15, -0.1) is 11.6 Å². The number of carbonyl (C=O) groups is 1. The summed E-state index contributed by atoms with van der Waals surface area (Å²) in [5.74, 6) is 0.839. The van der Waals surface area contributed by atoms with Gasteiger partial charge in [0.05, 0.1) is 0 Å². The van der Waals surface area contributed by atoms with Gasteiger partial charge in [-0.1, -0.05) is 6.42 Å². The lowest BCUT2D eigenvalue weighted by molar-refractivity contribution is 0.0970. The highest BCUT2D eigenvalue weighted by Gasteiger charge is 2.20. The van der Waals surface area contributed by atoms with Gasteiger partial charge in [0.1, 0.15) is 0 Å². The molecular weight excluding hydrogens is 250 g/mol. The molecule has 0 spiro atoms. The SMILES string of the molecule is O=C1CCCc2c1ccc(=O)n2CCCCCCl. The zero-order valence-corrected chi connectivity index (χ0v) is 11.2. The Hall–Kier alpha value is -1.09. The topological polar surface area (TPSA) is 39.1 Å². The highest BCUT2D eigenvalue weighted by Crippen LogP contribution is 2.20. The molecule has 1 aliphatic rings. The smallest absolute Gasteiger partial charge is 0.250 e. The van der Waals surface area contributed by atoms with Crippen LogP contribution in [0.2, 0.25) is 0 Å². The second kappa shape index (κ2) is 6.19. The van der Waals surface area contributed by atoms with Crippen molar-refractivity contribution in [2.24, 2.45) is 0 Å². The fourth-order valence-electron chi connectivity index (χ4n) is 2.48. The number of hydrogen-bond acceptors (Lipinski definition) is 2. The molecule has 0 bridgehead atoms. The third-order valence-electron chi connectivity index (χ3n) is 3.43. The van der Waals surface area contributed by atoms with Crippen molar-refractivity contribution in [2.45, 2.75) is 45.1 Å². The summed E-state index contributed by atoms with van der Waals surface area (Å²) in [6, 6.07) is 3.21. The minimum absolute atomic E-state index is 0.00863. The molecule has 0 aliphatic heterocycles. The molecule has 1 aliphatic carbocycles. The van der Waals surface area contributed by atoms with Crippen molar-refractivity contribution in [3.63, 3.8) is 0 Å². The van der Waals surface area contributed by atoms with Crippen LogP contribution in [0.15, 0.2) is 16.9 Å². The van der Waals surface area contributed by atoms with Crippen LogP contribution in [0.25, 0.3) is 0 Å². The molecule has 3 nitrogen and oxygen atoms in total. The average molecular weight is 268 g/mol. The Bertz CT molecular complexity index is 493. The van der Waals surface area contributed by atoms with Crippen LogP contribution >= 0.6 is 11.6 Å². The van der Waals surface area contributed by atoms with Crippen LogP contribution in [0.3, 0.4) is 0 Å². The van der Waals surface area contributed by atoms with E-state index < -0.39 is 0 Å². The summed E-state index contributed by atoms with van der Waals surface area (Å²) in [6.45, 7) is 0.701. The summed E-state index contributed by atoms with van der Waals surface area (Å²) < 4.78 is 1.78. The van der Waals surface area contributed by atoms with E-state index in [-0.39, 0.29) is 11.3 Å². The standard InChI is InChI=1S/C14H18ClNO2/c15-9-2-1-3-10-16-12-5-4-6-13(17)11(12)7-8-14(16)18/h7-8H,1-6,9-10H2. The fourth-order valence-corrected chi connectivity index (χ4v) is 2.67. The number of fused-ring (bicyclic) bond motifs is 1. The molecule has 1 aromatic rings.